The van der Waals surface area contributed by atoms with Crippen molar-refractivity contribution in [3.63, 3.8) is 0 Å². The molecular formula is C37H42N8O7. The lowest BCUT2D eigenvalue weighted by Gasteiger charge is -2.36. The molecule has 2 saturated heterocycles. The highest BCUT2D eigenvalue weighted by Crippen LogP contribution is 2.36. The summed E-state index contributed by atoms with van der Waals surface area (Å²) in [5, 5.41) is 15.1. The van der Waals surface area contributed by atoms with Crippen molar-refractivity contribution in [2.24, 2.45) is 0 Å². The number of piperidine rings is 1. The van der Waals surface area contributed by atoms with Gasteiger partial charge in [-0.15, -0.1) is 0 Å². The predicted molar refractivity (Wildman–Crippen MR) is 189 cm³/mol. The van der Waals surface area contributed by atoms with E-state index in [0.717, 1.165) is 47.8 Å². The van der Waals surface area contributed by atoms with Crippen molar-refractivity contribution in [3.05, 3.63) is 76.5 Å². The number of imide groups is 2. The molecule has 15 nitrogen and oxygen atoms in total. The van der Waals surface area contributed by atoms with Gasteiger partial charge in [-0.2, -0.15) is 5.10 Å². The predicted octanol–water partition coefficient (Wildman–Crippen LogP) is 3.16. The number of aromatic amines is 1. The van der Waals surface area contributed by atoms with E-state index < -0.39 is 35.8 Å². The molecule has 1 saturated carbocycles. The van der Waals surface area contributed by atoms with Gasteiger partial charge in [0.05, 0.1) is 11.1 Å². The first-order valence-corrected chi connectivity index (χ1v) is 17.8. The third-order valence-corrected chi connectivity index (χ3v) is 10.1. The Morgan fingerprint density at radius 2 is 1.67 bits per heavy atom. The Kier molecular flexibility index (Phi) is 9.77. The van der Waals surface area contributed by atoms with Crippen LogP contribution in [0.3, 0.4) is 0 Å². The fourth-order valence-corrected chi connectivity index (χ4v) is 7.39. The summed E-state index contributed by atoms with van der Waals surface area (Å²) >= 11 is 0. The number of hydrogen-bond acceptors (Lipinski definition) is 10. The number of aromatic nitrogens is 2. The van der Waals surface area contributed by atoms with Crippen LogP contribution in [0.15, 0.2) is 48.5 Å². The Hall–Kier alpha value is -5.57. The molecule has 15 heteroatoms. The zero-order chi connectivity index (χ0) is 36.5. The minimum Gasteiger partial charge on any atom is -0.446 e. The molecule has 7 rings (SSSR count). The standard InChI is InChI=1S/C37H42N8O7/c1-21(2)38-37(51)52-26-9-7-24(17-26)29-19-31(42-41-29)39-33(47)23-5-3-22(4-6-23)20-43-13-15-44(16-14-43)25-8-10-27-28(18-25)36(50)45(35(27)49)30-11-12-32(46)40-34(30)48/h3-6,8,10,18-19,21,24,26,30H,7,9,11-17,20H2,1-2H3,(H,38,51)(H,40,46,48)(H2,39,41,42,47)/t24-,26+,30?/m1/s1. The molecule has 52 heavy (non-hydrogen) atoms. The normalized spacial score (nSPS) is 22.1. The van der Waals surface area contributed by atoms with Gasteiger partial charge in [0.2, 0.25) is 11.8 Å². The number of nitrogens with one attached hydrogen (secondary N) is 4. The summed E-state index contributed by atoms with van der Waals surface area (Å²) in [5.74, 6) is -1.71. The summed E-state index contributed by atoms with van der Waals surface area (Å²) in [6.07, 6.45) is 1.97. The average molecular weight is 711 g/mol. The zero-order valence-electron chi connectivity index (χ0n) is 29.1. The molecule has 3 atom stereocenters. The third kappa shape index (κ3) is 7.40. The van der Waals surface area contributed by atoms with Gasteiger partial charge in [-0.1, -0.05) is 12.1 Å². The number of hydrogen-bond donors (Lipinski definition) is 4. The van der Waals surface area contributed by atoms with Gasteiger partial charge in [0.1, 0.15) is 12.1 Å². The number of anilines is 2. The van der Waals surface area contributed by atoms with Gasteiger partial charge in [-0.05, 0) is 75.4 Å². The molecule has 3 aromatic rings. The van der Waals surface area contributed by atoms with Crippen LogP contribution in [0.25, 0.3) is 0 Å². The fraction of sp³-hybridized carbons (Fsp3) is 0.432. The first kappa shape index (κ1) is 34.9. The summed E-state index contributed by atoms with van der Waals surface area (Å²) in [5.41, 5.74) is 3.86. The minimum absolute atomic E-state index is 0.0149. The van der Waals surface area contributed by atoms with E-state index in [1.807, 2.05) is 38.1 Å². The number of alkyl carbamates (subject to hydrolysis) is 1. The maximum absolute atomic E-state index is 13.3. The largest absolute Gasteiger partial charge is 0.446 e. The van der Waals surface area contributed by atoms with E-state index in [9.17, 15) is 28.8 Å². The zero-order valence-corrected chi connectivity index (χ0v) is 29.1. The van der Waals surface area contributed by atoms with Crippen LogP contribution in [-0.2, 0) is 20.9 Å². The number of carbonyl (C=O) groups is 6. The Labute approximate surface area is 300 Å². The maximum atomic E-state index is 13.3. The van der Waals surface area contributed by atoms with Crippen LogP contribution in [-0.4, -0.2) is 100.0 Å². The van der Waals surface area contributed by atoms with Gasteiger partial charge in [0.15, 0.2) is 5.82 Å². The molecule has 1 unspecified atom stereocenters. The molecule has 1 aromatic heterocycles. The smallest absolute Gasteiger partial charge is 0.407 e. The van der Waals surface area contributed by atoms with Gasteiger partial charge < -0.3 is 20.3 Å². The maximum Gasteiger partial charge on any atom is 0.407 e. The highest BCUT2D eigenvalue weighted by Gasteiger charge is 2.45. The van der Waals surface area contributed by atoms with Crippen LogP contribution in [0.2, 0.25) is 0 Å². The van der Waals surface area contributed by atoms with E-state index in [0.29, 0.717) is 37.4 Å². The second kappa shape index (κ2) is 14.6. The molecule has 0 bridgehead atoms. The van der Waals surface area contributed by atoms with E-state index in [1.165, 1.54) is 0 Å². The number of ether oxygens (including phenoxy) is 1. The Morgan fingerprint density at radius 1 is 0.923 bits per heavy atom. The quantitative estimate of drug-likeness (QED) is 0.241. The van der Waals surface area contributed by atoms with E-state index in [1.54, 1.807) is 24.3 Å². The molecule has 6 amide bonds. The van der Waals surface area contributed by atoms with Crippen molar-refractivity contribution < 1.29 is 33.5 Å². The number of benzene rings is 2. The monoisotopic (exact) mass is 710 g/mol. The Balaban J connectivity index is 0.879. The van der Waals surface area contributed by atoms with Gasteiger partial charge in [-0.25, -0.2) is 4.79 Å². The van der Waals surface area contributed by atoms with Gasteiger partial charge in [0, 0.05) is 74.1 Å². The van der Waals surface area contributed by atoms with Crippen LogP contribution in [0.5, 0.6) is 0 Å². The number of nitrogens with zero attached hydrogens (tertiary/aromatic N) is 4. The molecule has 4 heterocycles. The molecule has 3 fully saturated rings. The van der Waals surface area contributed by atoms with Crippen molar-refractivity contribution >= 4 is 47.1 Å². The first-order chi connectivity index (χ1) is 25.0. The minimum atomic E-state index is -0.992. The van der Waals surface area contributed by atoms with E-state index in [2.05, 4.69) is 35.9 Å². The third-order valence-electron chi connectivity index (χ3n) is 10.1. The fourth-order valence-electron chi connectivity index (χ4n) is 7.39. The van der Waals surface area contributed by atoms with Crippen LogP contribution in [0.4, 0.5) is 16.3 Å². The number of fused-ring (bicyclic) bond motifs is 1. The highest BCUT2D eigenvalue weighted by molar-refractivity contribution is 6.23. The van der Waals surface area contributed by atoms with Gasteiger partial charge >= 0.3 is 6.09 Å². The summed E-state index contributed by atoms with van der Waals surface area (Å²) in [4.78, 5) is 80.7. The van der Waals surface area contributed by atoms with Crippen LogP contribution >= 0.6 is 0 Å². The molecule has 3 aliphatic heterocycles. The van der Waals surface area contributed by atoms with Crippen molar-refractivity contribution in [3.8, 4) is 0 Å². The molecular weight excluding hydrogens is 668 g/mol. The van der Waals surface area contributed by atoms with Gasteiger partial charge in [-0.3, -0.25) is 44.2 Å². The van der Waals surface area contributed by atoms with E-state index >= 15 is 0 Å². The van der Waals surface area contributed by atoms with Crippen molar-refractivity contribution in [2.45, 2.75) is 76.6 Å². The lowest BCUT2D eigenvalue weighted by molar-refractivity contribution is -0.136. The number of piperazine rings is 1. The molecule has 2 aromatic carbocycles. The van der Waals surface area contributed by atoms with Crippen LogP contribution < -0.4 is 20.9 Å². The Bertz CT molecular complexity index is 1900. The lowest BCUT2D eigenvalue weighted by Crippen LogP contribution is -2.54. The number of rotatable bonds is 9. The SMILES string of the molecule is CC(C)NC(=O)O[C@H]1CC[C@@H](c2cc(NC(=O)c3ccc(CN4CCN(c5ccc6c(c5)C(=O)N(C5CCC(=O)NC5=O)C6=O)CC4)cc3)n[nH]2)C1. The van der Waals surface area contributed by atoms with Gasteiger partial charge in [0.25, 0.3) is 17.7 Å². The second-order valence-corrected chi connectivity index (χ2v) is 14.1. The molecule has 272 valence electrons. The molecule has 0 spiro atoms. The highest BCUT2D eigenvalue weighted by atomic mass is 16.6. The first-order valence-electron chi connectivity index (χ1n) is 17.8. The number of H-pyrrole nitrogens is 1. The summed E-state index contributed by atoms with van der Waals surface area (Å²) in [7, 11) is 0. The second-order valence-electron chi connectivity index (χ2n) is 14.1. The van der Waals surface area contributed by atoms with Crippen LogP contribution in [0.1, 0.15) is 94.2 Å². The average Bonchev–Trinajstić information content (AvgIpc) is 3.84. The Morgan fingerprint density at radius 3 is 2.40 bits per heavy atom. The summed E-state index contributed by atoms with van der Waals surface area (Å²) in [6, 6.07) is 13.6. The lowest BCUT2D eigenvalue weighted by atomic mass is 10.0. The van der Waals surface area contributed by atoms with E-state index in [4.69, 9.17) is 4.74 Å². The van der Waals surface area contributed by atoms with E-state index in [-0.39, 0.29) is 47.9 Å². The number of amides is 6. The van der Waals surface area contributed by atoms with Crippen LogP contribution in [0, 0.1) is 0 Å². The molecule has 4 aliphatic rings. The van der Waals surface area contributed by atoms with Crippen molar-refractivity contribution in [1.29, 1.82) is 0 Å². The number of carbonyl (C=O) groups excluding carboxylic acids is 6. The molecule has 0 radical (unpaired) electrons. The summed E-state index contributed by atoms with van der Waals surface area (Å²) < 4.78 is 5.53. The topological polar surface area (TPSA) is 186 Å². The van der Waals surface area contributed by atoms with Crippen molar-refractivity contribution in [1.82, 2.24) is 30.6 Å². The molecule has 4 N–H and O–H groups in total. The summed E-state index contributed by atoms with van der Waals surface area (Å²) in [6.45, 7) is 7.46. The molecule has 1 aliphatic carbocycles. The van der Waals surface area contributed by atoms with Crippen molar-refractivity contribution in [2.75, 3.05) is 36.4 Å².